The molecule has 0 aliphatic rings. The largest absolute Gasteiger partial charge is 0.455 e. The Morgan fingerprint density at radius 3 is 2.75 bits per heavy atom. The molecule has 110 valence electrons. The summed E-state index contributed by atoms with van der Waals surface area (Å²) < 4.78 is 10.2. The number of hydrogen-bond donors (Lipinski definition) is 1. The van der Waals surface area contributed by atoms with Gasteiger partial charge in [-0.05, 0) is 31.4 Å². The molecule has 0 saturated heterocycles. The Morgan fingerprint density at radius 1 is 1.30 bits per heavy atom. The Morgan fingerprint density at radius 2 is 2.05 bits per heavy atom. The van der Waals surface area contributed by atoms with E-state index in [2.05, 4.69) is 6.58 Å². The van der Waals surface area contributed by atoms with Crippen LogP contribution >= 0.6 is 12.0 Å². The first-order valence-corrected chi connectivity index (χ1v) is 7.33. The van der Waals surface area contributed by atoms with E-state index in [1.54, 1.807) is 12.1 Å². The van der Waals surface area contributed by atoms with Crippen molar-refractivity contribution in [3.63, 3.8) is 0 Å². The molecule has 1 rings (SSSR count). The van der Waals surface area contributed by atoms with Gasteiger partial charge in [0, 0.05) is 0 Å². The number of unbranched alkanes of at least 4 members (excludes halogenated alkanes) is 2. The van der Waals surface area contributed by atoms with Crippen molar-refractivity contribution in [2.75, 3.05) is 6.61 Å². The molecule has 1 aromatic carbocycles. The summed E-state index contributed by atoms with van der Waals surface area (Å²) in [6.07, 6.45) is 4.36. The number of carbonyl (C=O) groups is 1. The van der Waals surface area contributed by atoms with Gasteiger partial charge in [0.2, 0.25) is 0 Å². The average molecular weight is 296 g/mol. The molecule has 4 nitrogen and oxygen atoms in total. The monoisotopic (exact) mass is 296 g/mol. The fourth-order valence-electron chi connectivity index (χ4n) is 1.49. The first-order valence-electron chi connectivity index (χ1n) is 6.59. The Hall–Kier alpha value is -1.46. The second-order valence-electron chi connectivity index (χ2n) is 4.23. The van der Waals surface area contributed by atoms with Crippen LogP contribution in [0.25, 0.3) is 0 Å². The Balaban J connectivity index is 1.99. The van der Waals surface area contributed by atoms with Crippen molar-refractivity contribution >= 4 is 17.3 Å². The molecule has 1 atom stereocenters. The molecule has 1 aromatic rings. The summed E-state index contributed by atoms with van der Waals surface area (Å²) in [6.45, 7) is 3.88. The molecule has 0 bridgehead atoms. The van der Waals surface area contributed by atoms with E-state index in [9.17, 15) is 9.90 Å². The maximum absolute atomic E-state index is 11.4. The minimum Gasteiger partial charge on any atom is -0.455 e. The highest BCUT2D eigenvalue weighted by Crippen LogP contribution is 2.17. The van der Waals surface area contributed by atoms with Gasteiger partial charge >= 0.3 is 5.30 Å². The number of hydrogen-bond acceptors (Lipinski definition) is 5. The summed E-state index contributed by atoms with van der Waals surface area (Å²) >= 11 is 0.687. The van der Waals surface area contributed by atoms with Gasteiger partial charge in [-0.25, -0.2) is 4.79 Å². The summed E-state index contributed by atoms with van der Waals surface area (Å²) in [4.78, 5) is 11.4. The third-order valence-electron chi connectivity index (χ3n) is 2.59. The molecule has 0 aliphatic carbocycles. The van der Waals surface area contributed by atoms with Crippen molar-refractivity contribution in [3.05, 3.63) is 43.0 Å². The lowest BCUT2D eigenvalue weighted by Gasteiger charge is -2.06. The van der Waals surface area contributed by atoms with Crippen LogP contribution in [-0.4, -0.2) is 23.1 Å². The minimum atomic E-state index is -0.444. The molecule has 20 heavy (non-hydrogen) atoms. The molecule has 0 saturated carbocycles. The highest BCUT2D eigenvalue weighted by Gasteiger charge is 2.06. The van der Waals surface area contributed by atoms with Crippen molar-refractivity contribution in [2.24, 2.45) is 0 Å². The van der Waals surface area contributed by atoms with E-state index in [4.69, 9.17) is 8.92 Å². The first kappa shape index (κ1) is 16.6. The number of para-hydroxylation sites is 1. The molecule has 0 fully saturated rings. The van der Waals surface area contributed by atoms with E-state index in [0.29, 0.717) is 30.8 Å². The van der Waals surface area contributed by atoms with Crippen molar-refractivity contribution in [3.8, 4) is 5.75 Å². The van der Waals surface area contributed by atoms with Gasteiger partial charge in [0.15, 0.2) is 12.0 Å². The smallest absolute Gasteiger partial charge is 0.407 e. The molecule has 0 amide bonds. The van der Waals surface area contributed by atoms with Gasteiger partial charge < -0.3 is 14.0 Å². The van der Waals surface area contributed by atoms with Crippen LogP contribution in [0.4, 0.5) is 4.79 Å². The van der Waals surface area contributed by atoms with E-state index < -0.39 is 11.4 Å². The van der Waals surface area contributed by atoms with E-state index >= 15 is 0 Å². The van der Waals surface area contributed by atoms with Crippen molar-refractivity contribution < 1.29 is 18.8 Å². The SMILES string of the molecule is C=CC(O)CCCCCOC(=O)SOc1ccccc1. The Kier molecular flexibility index (Phi) is 8.58. The molecule has 5 heteroatoms. The van der Waals surface area contributed by atoms with Crippen LogP contribution in [0.5, 0.6) is 5.75 Å². The topological polar surface area (TPSA) is 55.8 Å². The molecule has 0 aromatic heterocycles. The number of aliphatic hydroxyl groups excluding tert-OH is 1. The zero-order valence-corrected chi connectivity index (χ0v) is 12.2. The number of ether oxygens (including phenoxy) is 1. The molecule has 0 aliphatic heterocycles. The van der Waals surface area contributed by atoms with Crippen LogP contribution in [0.2, 0.25) is 0 Å². The molecule has 1 N–H and O–H groups in total. The lowest BCUT2D eigenvalue weighted by atomic mass is 10.1. The summed E-state index contributed by atoms with van der Waals surface area (Å²) in [5.41, 5.74) is 0. The number of benzene rings is 1. The van der Waals surface area contributed by atoms with Crippen LogP contribution in [-0.2, 0) is 4.74 Å². The average Bonchev–Trinajstić information content (AvgIpc) is 2.49. The summed E-state index contributed by atoms with van der Waals surface area (Å²) in [5, 5.41) is 8.81. The fraction of sp³-hybridized carbons (Fsp3) is 0.400. The fourth-order valence-corrected chi connectivity index (χ4v) is 1.89. The first-order chi connectivity index (χ1) is 9.72. The summed E-state index contributed by atoms with van der Waals surface area (Å²) in [5.74, 6) is 0.618. The lowest BCUT2D eigenvalue weighted by Crippen LogP contribution is -2.03. The van der Waals surface area contributed by atoms with Gasteiger partial charge in [0.1, 0.15) is 5.75 Å². The maximum Gasteiger partial charge on any atom is 0.407 e. The normalized spacial score (nSPS) is 11.7. The van der Waals surface area contributed by atoms with Crippen LogP contribution in [0.15, 0.2) is 43.0 Å². The van der Waals surface area contributed by atoms with E-state index in [-0.39, 0.29) is 0 Å². The molecule has 0 radical (unpaired) electrons. The van der Waals surface area contributed by atoms with Crippen LogP contribution in [0.3, 0.4) is 0 Å². The second-order valence-corrected chi connectivity index (χ2v) is 4.90. The van der Waals surface area contributed by atoms with E-state index in [1.807, 2.05) is 18.2 Å². The Labute approximate surface area is 124 Å². The maximum atomic E-state index is 11.4. The molecule has 0 spiro atoms. The number of rotatable bonds is 9. The highest BCUT2D eigenvalue weighted by molar-refractivity contribution is 8.09. The lowest BCUT2D eigenvalue weighted by molar-refractivity contribution is 0.169. The van der Waals surface area contributed by atoms with Gasteiger partial charge in [0.25, 0.3) is 0 Å². The van der Waals surface area contributed by atoms with Crippen molar-refractivity contribution in [1.82, 2.24) is 0 Å². The molecular formula is C15H20O4S. The van der Waals surface area contributed by atoms with Gasteiger partial charge in [-0.15, -0.1) is 6.58 Å². The standard InChI is InChI=1S/C15H20O4S/c1-2-13(16)9-5-4-8-12-18-15(17)20-19-14-10-6-3-7-11-14/h2-3,6-7,10-11,13,16H,1,4-5,8-9,12H2. The van der Waals surface area contributed by atoms with Gasteiger partial charge in [0.05, 0.1) is 12.7 Å². The number of carbonyl (C=O) groups excluding carboxylic acids is 1. The van der Waals surface area contributed by atoms with Crippen molar-refractivity contribution in [2.45, 2.75) is 31.8 Å². The second kappa shape index (κ2) is 10.3. The number of aliphatic hydroxyl groups is 1. The summed E-state index contributed by atoms with van der Waals surface area (Å²) in [7, 11) is 0. The van der Waals surface area contributed by atoms with E-state index in [0.717, 1.165) is 19.3 Å². The third kappa shape index (κ3) is 7.86. The van der Waals surface area contributed by atoms with Crippen molar-refractivity contribution in [1.29, 1.82) is 0 Å². The van der Waals surface area contributed by atoms with E-state index in [1.165, 1.54) is 6.08 Å². The minimum absolute atomic E-state index is 0.369. The third-order valence-corrected chi connectivity index (χ3v) is 3.12. The van der Waals surface area contributed by atoms with Crippen LogP contribution in [0.1, 0.15) is 25.7 Å². The van der Waals surface area contributed by atoms with Gasteiger partial charge in [-0.1, -0.05) is 30.7 Å². The predicted molar refractivity (Wildman–Crippen MR) is 80.7 cm³/mol. The van der Waals surface area contributed by atoms with Crippen LogP contribution < -0.4 is 4.18 Å². The van der Waals surface area contributed by atoms with Gasteiger partial charge in [-0.3, -0.25) is 0 Å². The quantitative estimate of drug-likeness (QED) is 0.323. The predicted octanol–water partition coefficient (Wildman–Crippen LogP) is 3.96. The Bertz CT molecular complexity index is 394. The van der Waals surface area contributed by atoms with Crippen LogP contribution in [0, 0.1) is 0 Å². The highest BCUT2D eigenvalue weighted by atomic mass is 32.2. The zero-order valence-electron chi connectivity index (χ0n) is 11.4. The zero-order chi connectivity index (χ0) is 14.6. The summed E-state index contributed by atoms with van der Waals surface area (Å²) in [6, 6.07) is 9.08. The molecular weight excluding hydrogens is 276 g/mol. The molecule has 1 unspecified atom stereocenters. The van der Waals surface area contributed by atoms with Gasteiger partial charge in [-0.2, -0.15) is 0 Å². The molecule has 0 heterocycles.